The Morgan fingerprint density at radius 3 is 2.29 bits per heavy atom. The Labute approximate surface area is 103 Å². The van der Waals surface area contributed by atoms with Crippen molar-refractivity contribution in [1.29, 1.82) is 0 Å². The molecule has 0 bridgehead atoms. The monoisotopic (exact) mass is 256 g/mol. The van der Waals surface area contributed by atoms with Crippen LogP contribution in [-0.4, -0.2) is 21.5 Å². The van der Waals surface area contributed by atoms with Crippen LogP contribution in [0, 0.1) is 5.92 Å². The highest BCUT2D eigenvalue weighted by Gasteiger charge is 2.06. The summed E-state index contributed by atoms with van der Waals surface area (Å²) in [5, 5.41) is 8.36. The van der Waals surface area contributed by atoms with Crippen molar-refractivity contribution in [3.05, 3.63) is 29.8 Å². The number of primary sulfonamides is 1. The van der Waals surface area contributed by atoms with E-state index in [1.165, 1.54) is 0 Å². The summed E-state index contributed by atoms with van der Waals surface area (Å²) in [7, 11) is -3.57. The fourth-order valence-electron chi connectivity index (χ4n) is 1.47. The standard InChI is InChI=1S/C12H20N2O2S/c1-10(2)9-14-8-7-11-3-5-12(6-4-11)17(13,15)16/h3-6,10,14H,7-9H2,1-2H3,(H2,13,15,16). The van der Waals surface area contributed by atoms with Crippen molar-refractivity contribution >= 4 is 10.0 Å². The number of rotatable bonds is 6. The van der Waals surface area contributed by atoms with Crippen LogP contribution in [0.3, 0.4) is 0 Å². The summed E-state index contributed by atoms with van der Waals surface area (Å²) in [5.41, 5.74) is 1.11. The lowest BCUT2D eigenvalue weighted by Gasteiger charge is -2.07. The fraction of sp³-hybridized carbons (Fsp3) is 0.500. The normalized spacial score (nSPS) is 12.0. The number of benzene rings is 1. The van der Waals surface area contributed by atoms with Crippen LogP contribution in [0.15, 0.2) is 29.2 Å². The Bertz CT molecular complexity index is 438. The van der Waals surface area contributed by atoms with E-state index in [0.29, 0.717) is 5.92 Å². The van der Waals surface area contributed by atoms with Gasteiger partial charge in [0, 0.05) is 0 Å². The molecule has 0 saturated heterocycles. The molecule has 0 amide bonds. The predicted molar refractivity (Wildman–Crippen MR) is 69.2 cm³/mol. The zero-order valence-electron chi connectivity index (χ0n) is 10.3. The van der Waals surface area contributed by atoms with Crippen LogP contribution in [0.1, 0.15) is 19.4 Å². The third kappa shape index (κ3) is 5.30. The van der Waals surface area contributed by atoms with E-state index in [4.69, 9.17) is 5.14 Å². The van der Waals surface area contributed by atoms with E-state index in [1.807, 2.05) is 0 Å². The van der Waals surface area contributed by atoms with Crippen LogP contribution in [0.5, 0.6) is 0 Å². The van der Waals surface area contributed by atoms with Crippen LogP contribution in [0.25, 0.3) is 0 Å². The van der Waals surface area contributed by atoms with Gasteiger partial charge in [-0.15, -0.1) is 0 Å². The maximum Gasteiger partial charge on any atom is 0.238 e. The highest BCUT2D eigenvalue weighted by atomic mass is 32.2. The number of hydrogen-bond donors (Lipinski definition) is 2. The summed E-state index contributed by atoms with van der Waals surface area (Å²) in [4.78, 5) is 0.163. The molecule has 0 atom stereocenters. The summed E-state index contributed by atoms with van der Waals surface area (Å²) in [6.07, 6.45) is 0.887. The van der Waals surface area contributed by atoms with Crippen molar-refractivity contribution in [1.82, 2.24) is 5.32 Å². The van der Waals surface area contributed by atoms with Crippen molar-refractivity contribution in [2.24, 2.45) is 11.1 Å². The molecule has 0 aromatic heterocycles. The number of hydrogen-bond acceptors (Lipinski definition) is 3. The molecule has 0 aliphatic carbocycles. The zero-order chi connectivity index (χ0) is 12.9. The summed E-state index contributed by atoms with van der Waals surface area (Å²) in [6, 6.07) is 6.70. The summed E-state index contributed by atoms with van der Waals surface area (Å²) in [5.74, 6) is 0.639. The maximum atomic E-state index is 11.0. The lowest BCUT2D eigenvalue weighted by molar-refractivity contribution is 0.554. The second-order valence-electron chi connectivity index (χ2n) is 4.54. The van der Waals surface area contributed by atoms with E-state index >= 15 is 0 Å². The van der Waals surface area contributed by atoms with E-state index in [0.717, 1.165) is 25.1 Å². The van der Waals surface area contributed by atoms with Crippen LogP contribution >= 0.6 is 0 Å². The molecule has 3 N–H and O–H groups in total. The van der Waals surface area contributed by atoms with Gasteiger partial charge in [-0.2, -0.15) is 0 Å². The van der Waals surface area contributed by atoms with Crippen molar-refractivity contribution in [2.75, 3.05) is 13.1 Å². The molecule has 0 saturated carbocycles. The van der Waals surface area contributed by atoms with Crippen LogP contribution in [-0.2, 0) is 16.4 Å². The number of sulfonamides is 1. The third-order valence-electron chi connectivity index (χ3n) is 2.39. The minimum absolute atomic E-state index is 0.163. The molecule has 0 aliphatic rings. The maximum absolute atomic E-state index is 11.0. The molecule has 5 heteroatoms. The SMILES string of the molecule is CC(C)CNCCc1ccc(S(N)(=O)=O)cc1. The Hall–Kier alpha value is -0.910. The van der Waals surface area contributed by atoms with Gasteiger partial charge in [-0.05, 0) is 43.1 Å². The highest BCUT2D eigenvalue weighted by molar-refractivity contribution is 7.89. The van der Waals surface area contributed by atoms with Gasteiger partial charge in [0.25, 0.3) is 0 Å². The topological polar surface area (TPSA) is 72.2 Å². The second-order valence-corrected chi connectivity index (χ2v) is 6.10. The molecule has 0 spiro atoms. The number of nitrogens with two attached hydrogens (primary N) is 1. The Kier molecular flexibility index (Phi) is 5.11. The summed E-state index contributed by atoms with van der Waals surface area (Å²) < 4.78 is 22.1. The molecule has 0 aliphatic heterocycles. The first-order valence-electron chi connectivity index (χ1n) is 5.72. The van der Waals surface area contributed by atoms with E-state index in [9.17, 15) is 8.42 Å². The predicted octanol–water partition coefficient (Wildman–Crippen LogP) is 1.12. The van der Waals surface area contributed by atoms with Gasteiger partial charge >= 0.3 is 0 Å². The van der Waals surface area contributed by atoms with E-state index in [-0.39, 0.29) is 4.90 Å². The van der Waals surface area contributed by atoms with Crippen LogP contribution in [0.4, 0.5) is 0 Å². The molecule has 0 unspecified atom stereocenters. The molecule has 96 valence electrons. The van der Waals surface area contributed by atoms with Gasteiger partial charge in [-0.3, -0.25) is 0 Å². The molecular weight excluding hydrogens is 236 g/mol. The molecule has 1 aromatic rings. The van der Waals surface area contributed by atoms with Gasteiger partial charge in [0.05, 0.1) is 4.90 Å². The van der Waals surface area contributed by atoms with Gasteiger partial charge in [0.1, 0.15) is 0 Å². The largest absolute Gasteiger partial charge is 0.316 e. The molecule has 1 aromatic carbocycles. The van der Waals surface area contributed by atoms with Gasteiger partial charge < -0.3 is 5.32 Å². The molecule has 4 nitrogen and oxygen atoms in total. The molecule has 17 heavy (non-hydrogen) atoms. The minimum Gasteiger partial charge on any atom is -0.316 e. The molecule has 0 fully saturated rings. The van der Waals surface area contributed by atoms with Crippen molar-refractivity contribution in [3.8, 4) is 0 Å². The van der Waals surface area contributed by atoms with Gasteiger partial charge in [-0.25, -0.2) is 13.6 Å². The van der Waals surface area contributed by atoms with Crippen LogP contribution < -0.4 is 10.5 Å². The van der Waals surface area contributed by atoms with E-state index in [1.54, 1.807) is 24.3 Å². The summed E-state index contributed by atoms with van der Waals surface area (Å²) >= 11 is 0. The fourth-order valence-corrected chi connectivity index (χ4v) is 1.98. The molecular formula is C12H20N2O2S. The van der Waals surface area contributed by atoms with Gasteiger partial charge in [0.2, 0.25) is 10.0 Å². The molecule has 0 heterocycles. The molecule has 1 rings (SSSR count). The zero-order valence-corrected chi connectivity index (χ0v) is 11.1. The first-order chi connectivity index (χ1) is 7.89. The minimum atomic E-state index is -3.57. The van der Waals surface area contributed by atoms with Crippen molar-refractivity contribution in [3.63, 3.8) is 0 Å². The molecule has 0 radical (unpaired) electrons. The quantitative estimate of drug-likeness (QED) is 0.749. The number of nitrogens with one attached hydrogen (secondary N) is 1. The highest BCUT2D eigenvalue weighted by Crippen LogP contribution is 2.08. The van der Waals surface area contributed by atoms with E-state index in [2.05, 4.69) is 19.2 Å². The first kappa shape index (κ1) is 14.2. The van der Waals surface area contributed by atoms with Gasteiger partial charge in [-0.1, -0.05) is 26.0 Å². The Morgan fingerprint density at radius 1 is 1.24 bits per heavy atom. The van der Waals surface area contributed by atoms with Crippen molar-refractivity contribution < 1.29 is 8.42 Å². The lowest BCUT2D eigenvalue weighted by atomic mass is 10.1. The first-order valence-corrected chi connectivity index (χ1v) is 7.26. The van der Waals surface area contributed by atoms with Gasteiger partial charge in [0.15, 0.2) is 0 Å². The van der Waals surface area contributed by atoms with E-state index < -0.39 is 10.0 Å². The summed E-state index contributed by atoms with van der Waals surface area (Å²) in [6.45, 7) is 6.21. The lowest BCUT2D eigenvalue weighted by Crippen LogP contribution is -2.22. The average molecular weight is 256 g/mol. The third-order valence-corrected chi connectivity index (χ3v) is 3.32. The average Bonchev–Trinajstić information content (AvgIpc) is 2.23. The van der Waals surface area contributed by atoms with Crippen LogP contribution in [0.2, 0.25) is 0 Å². The van der Waals surface area contributed by atoms with Crippen molar-refractivity contribution in [2.45, 2.75) is 25.2 Å². The Balaban J connectivity index is 2.46. The smallest absolute Gasteiger partial charge is 0.238 e. The Morgan fingerprint density at radius 2 is 1.82 bits per heavy atom. The second kappa shape index (κ2) is 6.14.